The molecule has 2 N–H and O–H groups in total. The number of para-hydroxylation sites is 1. The first kappa shape index (κ1) is 16.1. The molecule has 0 spiro atoms. The van der Waals surface area contributed by atoms with Gasteiger partial charge in [-0.25, -0.2) is 0 Å². The van der Waals surface area contributed by atoms with Gasteiger partial charge >= 0.3 is 0 Å². The molecule has 2 aromatic carbocycles. The van der Waals surface area contributed by atoms with Crippen molar-refractivity contribution in [1.82, 2.24) is 0 Å². The smallest absolute Gasteiger partial charge is 0.195 e. The van der Waals surface area contributed by atoms with Crippen LogP contribution in [0.3, 0.4) is 0 Å². The summed E-state index contributed by atoms with van der Waals surface area (Å²) >= 11 is 0. The fourth-order valence-corrected chi connectivity index (χ4v) is 2.59. The van der Waals surface area contributed by atoms with E-state index >= 15 is 0 Å². The molecular formula is C19H23NO2. The van der Waals surface area contributed by atoms with Crippen LogP contribution >= 0.6 is 0 Å². The fourth-order valence-electron chi connectivity index (χ4n) is 2.59. The standard InChI is InChI=1S/C19H23NO2/c1-5-10-22-17-11-12(2)18(14(4)13(17)3)19(21)15-8-6-7-9-16(15)20/h6-9,11H,5,10,20H2,1-4H3. The minimum atomic E-state index is -0.0294. The lowest BCUT2D eigenvalue weighted by Crippen LogP contribution is -2.11. The number of nitrogen functional groups attached to an aromatic ring is 1. The number of ketones is 1. The SMILES string of the molecule is CCCOc1cc(C)c(C(=O)c2ccccc2N)c(C)c1C. The van der Waals surface area contributed by atoms with E-state index in [0.29, 0.717) is 17.9 Å². The molecule has 0 saturated heterocycles. The Labute approximate surface area is 132 Å². The summed E-state index contributed by atoms with van der Waals surface area (Å²) in [6, 6.07) is 9.14. The van der Waals surface area contributed by atoms with Crippen molar-refractivity contribution < 1.29 is 9.53 Å². The summed E-state index contributed by atoms with van der Waals surface area (Å²) in [6.07, 6.45) is 0.957. The number of nitrogens with two attached hydrogens (primary N) is 1. The lowest BCUT2D eigenvalue weighted by Gasteiger charge is -2.17. The third kappa shape index (κ3) is 2.98. The Morgan fingerprint density at radius 3 is 2.45 bits per heavy atom. The minimum Gasteiger partial charge on any atom is -0.493 e. The number of carbonyl (C=O) groups is 1. The molecule has 2 aromatic rings. The van der Waals surface area contributed by atoms with E-state index in [-0.39, 0.29) is 5.78 Å². The number of rotatable bonds is 5. The van der Waals surface area contributed by atoms with Gasteiger partial charge in [0.25, 0.3) is 0 Å². The number of anilines is 1. The molecule has 0 aromatic heterocycles. The zero-order valence-electron chi connectivity index (χ0n) is 13.7. The van der Waals surface area contributed by atoms with Crippen LogP contribution in [0.25, 0.3) is 0 Å². The maximum Gasteiger partial charge on any atom is 0.195 e. The molecule has 22 heavy (non-hydrogen) atoms. The highest BCUT2D eigenvalue weighted by atomic mass is 16.5. The van der Waals surface area contributed by atoms with E-state index < -0.39 is 0 Å². The molecule has 0 atom stereocenters. The molecule has 0 bridgehead atoms. The second-order valence-electron chi connectivity index (χ2n) is 5.58. The van der Waals surface area contributed by atoms with Gasteiger partial charge < -0.3 is 10.5 Å². The summed E-state index contributed by atoms with van der Waals surface area (Å²) < 4.78 is 5.78. The maximum absolute atomic E-state index is 12.9. The lowest BCUT2D eigenvalue weighted by molar-refractivity contribution is 0.103. The number of hydrogen-bond acceptors (Lipinski definition) is 3. The third-order valence-corrected chi connectivity index (χ3v) is 3.94. The van der Waals surface area contributed by atoms with E-state index in [1.165, 1.54) is 0 Å². The van der Waals surface area contributed by atoms with E-state index in [2.05, 4.69) is 6.92 Å². The normalized spacial score (nSPS) is 10.5. The molecule has 0 saturated carbocycles. The zero-order valence-corrected chi connectivity index (χ0v) is 13.7. The Hall–Kier alpha value is -2.29. The summed E-state index contributed by atoms with van der Waals surface area (Å²) in [5.41, 5.74) is 10.6. The number of carbonyl (C=O) groups excluding carboxylic acids is 1. The first-order chi connectivity index (χ1) is 10.5. The fraction of sp³-hybridized carbons (Fsp3) is 0.316. The van der Waals surface area contributed by atoms with Gasteiger partial charge in [-0.05, 0) is 62.1 Å². The number of ether oxygens (including phenoxy) is 1. The zero-order chi connectivity index (χ0) is 16.3. The Morgan fingerprint density at radius 1 is 1.14 bits per heavy atom. The van der Waals surface area contributed by atoms with Crippen LogP contribution < -0.4 is 10.5 Å². The predicted octanol–water partition coefficient (Wildman–Crippen LogP) is 4.21. The second kappa shape index (κ2) is 6.65. The Kier molecular flexibility index (Phi) is 4.86. The Bertz CT molecular complexity index is 705. The number of benzene rings is 2. The highest BCUT2D eigenvalue weighted by Crippen LogP contribution is 2.30. The van der Waals surface area contributed by atoms with Gasteiger partial charge in [0.1, 0.15) is 5.75 Å². The van der Waals surface area contributed by atoms with Gasteiger partial charge in [-0.2, -0.15) is 0 Å². The van der Waals surface area contributed by atoms with Crippen molar-refractivity contribution in [2.45, 2.75) is 34.1 Å². The quantitative estimate of drug-likeness (QED) is 0.664. The average molecular weight is 297 g/mol. The van der Waals surface area contributed by atoms with E-state index in [1.54, 1.807) is 12.1 Å². The molecule has 0 radical (unpaired) electrons. The van der Waals surface area contributed by atoms with Crippen LogP contribution in [0.15, 0.2) is 30.3 Å². The van der Waals surface area contributed by atoms with Crippen molar-refractivity contribution >= 4 is 11.5 Å². The molecule has 0 aliphatic rings. The van der Waals surface area contributed by atoms with Gasteiger partial charge in [-0.1, -0.05) is 19.1 Å². The topological polar surface area (TPSA) is 52.3 Å². The van der Waals surface area contributed by atoms with Crippen LogP contribution in [0.2, 0.25) is 0 Å². The molecule has 116 valence electrons. The molecule has 3 heteroatoms. The van der Waals surface area contributed by atoms with Gasteiger partial charge in [0.05, 0.1) is 6.61 Å². The summed E-state index contributed by atoms with van der Waals surface area (Å²) in [6.45, 7) is 8.65. The van der Waals surface area contributed by atoms with Gasteiger partial charge in [-0.15, -0.1) is 0 Å². The largest absolute Gasteiger partial charge is 0.493 e. The van der Waals surface area contributed by atoms with Crippen LogP contribution in [0, 0.1) is 20.8 Å². The third-order valence-electron chi connectivity index (χ3n) is 3.94. The average Bonchev–Trinajstić information content (AvgIpc) is 2.50. The summed E-state index contributed by atoms with van der Waals surface area (Å²) in [7, 11) is 0. The van der Waals surface area contributed by atoms with Gasteiger partial charge in [0.15, 0.2) is 5.78 Å². The van der Waals surface area contributed by atoms with E-state index in [0.717, 1.165) is 34.4 Å². The molecule has 0 fully saturated rings. The summed E-state index contributed by atoms with van der Waals surface area (Å²) in [5.74, 6) is 0.827. The van der Waals surface area contributed by atoms with Gasteiger partial charge in [-0.3, -0.25) is 4.79 Å². The molecule has 0 aliphatic carbocycles. The second-order valence-corrected chi connectivity index (χ2v) is 5.58. The lowest BCUT2D eigenvalue weighted by atomic mass is 9.91. The van der Waals surface area contributed by atoms with Crippen LogP contribution in [-0.4, -0.2) is 12.4 Å². The van der Waals surface area contributed by atoms with E-state index in [4.69, 9.17) is 10.5 Å². The maximum atomic E-state index is 12.9. The van der Waals surface area contributed by atoms with Crippen LogP contribution in [0.4, 0.5) is 5.69 Å². The number of aryl methyl sites for hydroxylation is 1. The molecule has 0 amide bonds. The minimum absolute atomic E-state index is 0.0294. The molecule has 2 rings (SSSR count). The first-order valence-electron chi connectivity index (χ1n) is 7.60. The molecule has 0 heterocycles. The van der Waals surface area contributed by atoms with Crippen molar-refractivity contribution in [2.75, 3.05) is 12.3 Å². The summed E-state index contributed by atoms with van der Waals surface area (Å²) in [4.78, 5) is 12.9. The molecule has 0 aliphatic heterocycles. The Morgan fingerprint density at radius 2 is 1.82 bits per heavy atom. The summed E-state index contributed by atoms with van der Waals surface area (Å²) in [5, 5.41) is 0. The van der Waals surface area contributed by atoms with E-state index in [9.17, 15) is 4.79 Å². The van der Waals surface area contributed by atoms with Gasteiger partial charge in [0, 0.05) is 16.8 Å². The highest BCUT2D eigenvalue weighted by Gasteiger charge is 2.20. The van der Waals surface area contributed by atoms with E-state index in [1.807, 2.05) is 39.0 Å². The first-order valence-corrected chi connectivity index (χ1v) is 7.60. The van der Waals surface area contributed by atoms with Crippen molar-refractivity contribution in [3.05, 3.63) is 58.1 Å². The number of hydrogen-bond donors (Lipinski definition) is 1. The van der Waals surface area contributed by atoms with Crippen molar-refractivity contribution in [2.24, 2.45) is 0 Å². The van der Waals surface area contributed by atoms with Crippen molar-refractivity contribution in [3.8, 4) is 5.75 Å². The van der Waals surface area contributed by atoms with Crippen LogP contribution in [0.5, 0.6) is 5.75 Å². The van der Waals surface area contributed by atoms with Crippen LogP contribution in [0.1, 0.15) is 46.0 Å². The highest BCUT2D eigenvalue weighted by molar-refractivity contribution is 6.13. The monoisotopic (exact) mass is 297 g/mol. The molecular weight excluding hydrogens is 274 g/mol. The van der Waals surface area contributed by atoms with Crippen LogP contribution in [-0.2, 0) is 0 Å². The van der Waals surface area contributed by atoms with Crippen molar-refractivity contribution in [3.63, 3.8) is 0 Å². The molecule has 3 nitrogen and oxygen atoms in total. The molecule has 0 unspecified atom stereocenters. The van der Waals surface area contributed by atoms with Crippen molar-refractivity contribution in [1.29, 1.82) is 0 Å². The van der Waals surface area contributed by atoms with Gasteiger partial charge in [0.2, 0.25) is 0 Å². The predicted molar refractivity (Wildman–Crippen MR) is 90.7 cm³/mol. The Balaban J connectivity index is 2.50.